The van der Waals surface area contributed by atoms with Crippen LogP contribution < -0.4 is 16.0 Å². The Labute approximate surface area is 172 Å². The highest BCUT2D eigenvalue weighted by molar-refractivity contribution is 6.30. The molecule has 2 aromatic carbocycles. The van der Waals surface area contributed by atoms with Crippen molar-refractivity contribution in [2.24, 2.45) is 0 Å². The zero-order chi connectivity index (χ0) is 19.9. The minimum atomic E-state index is -0.497. The predicted molar refractivity (Wildman–Crippen MR) is 115 cm³/mol. The van der Waals surface area contributed by atoms with Gasteiger partial charge in [0.1, 0.15) is 6.04 Å². The number of hydrogen-bond donors (Lipinski definition) is 3. The van der Waals surface area contributed by atoms with Crippen molar-refractivity contribution in [2.45, 2.75) is 64.2 Å². The van der Waals surface area contributed by atoms with Crippen molar-refractivity contribution in [1.29, 1.82) is 0 Å². The molecule has 2 aliphatic rings. The molecule has 1 aliphatic carbocycles. The van der Waals surface area contributed by atoms with Crippen molar-refractivity contribution in [3.63, 3.8) is 0 Å². The van der Waals surface area contributed by atoms with Crippen LogP contribution in [0.3, 0.4) is 0 Å². The summed E-state index contributed by atoms with van der Waals surface area (Å²) in [4.78, 5) is 13.2. The Hall–Kier alpha value is -2.04. The van der Waals surface area contributed by atoms with Crippen LogP contribution in [0.15, 0.2) is 36.4 Å². The SMILES string of the molecule is CC(C)(C)NC(=O)[C@H](Nc1ccc2c(c1)CNC2)c1cc(Cl)cc(C2CC2)c1. The zero-order valence-electron chi connectivity index (χ0n) is 16.7. The molecule has 0 saturated heterocycles. The van der Waals surface area contributed by atoms with Crippen molar-refractivity contribution in [3.05, 3.63) is 63.7 Å². The summed E-state index contributed by atoms with van der Waals surface area (Å²) in [6.45, 7) is 7.76. The molecule has 4 nitrogen and oxygen atoms in total. The molecule has 148 valence electrons. The second-order valence-corrected chi connectivity index (χ2v) is 9.43. The van der Waals surface area contributed by atoms with Crippen LogP contribution in [0.1, 0.15) is 67.8 Å². The Kier molecular flexibility index (Phi) is 5.11. The molecule has 0 bridgehead atoms. The number of amides is 1. The van der Waals surface area contributed by atoms with Gasteiger partial charge in [-0.05, 0) is 86.1 Å². The number of fused-ring (bicyclic) bond motifs is 1. The van der Waals surface area contributed by atoms with E-state index in [1.165, 1.54) is 29.5 Å². The Morgan fingerprint density at radius 1 is 1.11 bits per heavy atom. The summed E-state index contributed by atoms with van der Waals surface area (Å²) >= 11 is 6.42. The minimum Gasteiger partial charge on any atom is -0.370 e. The van der Waals surface area contributed by atoms with Crippen molar-refractivity contribution in [3.8, 4) is 0 Å². The summed E-state index contributed by atoms with van der Waals surface area (Å²) in [7, 11) is 0. The van der Waals surface area contributed by atoms with Gasteiger partial charge in [0.05, 0.1) is 0 Å². The lowest BCUT2D eigenvalue weighted by Crippen LogP contribution is -2.44. The lowest BCUT2D eigenvalue weighted by molar-refractivity contribution is -0.123. The normalized spacial score (nSPS) is 17.1. The van der Waals surface area contributed by atoms with E-state index in [1.807, 2.05) is 32.9 Å². The maximum atomic E-state index is 13.2. The number of hydrogen-bond acceptors (Lipinski definition) is 3. The van der Waals surface area contributed by atoms with Crippen molar-refractivity contribution >= 4 is 23.2 Å². The second kappa shape index (κ2) is 7.41. The maximum absolute atomic E-state index is 13.2. The molecule has 0 unspecified atom stereocenters. The third-order valence-corrected chi connectivity index (χ3v) is 5.45. The molecule has 1 heterocycles. The largest absolute Gasteiger partial charge is 0.370 e. The van der Waals surface area contributed by atoms with Gasteiger partial charge >= 0.3 is 0 Å². The fourth-order valence-electron chi connectivity index (χ4n) is 3.75. The van der Waals surface area contributed by atoms with Gasteiger partial charge in [-0.1, -0.05) is 23.7 Å². The fraction of sp³-hybridized carbons (Fsp3) is 0.435. The number of anilines is 1. The average molecular weight is 398 g/mol. The van der Waals surface area contributed by atoms with Gasteiger partial charge in [-0.25, -0.2) is 0 Å². The molecule has 28 heavy (non-hydrogen) atoms. The molecule has 0 spiro atoms. The van der Waals surface area contributed by atoms with Gasteiger partial charge in [0, 0.05) is 29.3 Å². The van der Waals surface area contributed by atoms with Gasteiger partial charge in [0.15, 0.2) is 0 Å². The molecule has 0 aromatic heterocycles. The van der Waals surface area contributed by atoms with Crippen LogP contribution in [0.4, 0.5) is 5.69 Å². The number of benzene rings is 2. The van der Waals surface area contributed by atoms with Gasteiger partial charge < -0.3 is 16.0 Å². The van der Waals surface area contributed by atoms with E-state index in [9.17, 15) is 4.79 Å². The highest BCUT2D eigenvalue weighted by Gasteiger charge is 2.29. The molecule has 1 atom stereocenters. The number of rotatable bonds is 5. The highest BCUT2D eigenvalue weighted by atomic mass is 35.5. The van der Waals surface area contributed by atoms with E-state index in [0.29, 0.717) is 10.9 Å². The molecule has 1 saturated carbocycles. The van der Waals surface area contributed by atoms with E-state index in [4.69, 9.17) is 11.6 Å². The van der Waals surface area contributed by atoms with Gasteiger partial charge in [-0.2, -0.15) is 0 Å². The van der Waals surface area contributed by atoms with Crippen LogP contribution in [0.5, 0.6) is 0 Å². The number of carbonyl (C=O) groups is 1. The van der Waals surface area contributed by atoms with Gasteiger partial charge in [0.2, 0.25) is 5.91 Å². The van der Waals surface area contributed by atoms with Crippen LogP contribution in [0.25, 0.3) is 0 Å². The predicted octanol–water partition coefficient (Wildman–Crippen LogP) is 4.89. The Morgan fingerprint density at radius 3 is 2.57 bits per heavy atom. The molecule has 1 aliphatic heterocycles. The third kappa shape index (κ3) is 4.50. The Morgan fingerprint density at radius 2 is 1.86 bits per heavy atom. The molecule has 3 N–H and O–H groups in total. The second-order valence-electron chi connectivity index (χ2n) is 9.00. The first-order valence-electron chi connectivity index (χ1n) is 10.00. The number of carbonyl (C=O) groups excluding carboxylic acids is 1. The molecule has 4 rings (SSSR count). The molecule has 5 heteroatoms. The molecular formula is C23H28ClN3O. The average Bonchev–Trinajstić information content (AvgIpc) is 3.35. The first-order chi connectivity index (χ1) is 13.3. The summed E-state index contributed by atoms with van der Waals surface area (Å²) < 4.78 is 0. The monoisotopic (exact) mass is 397 g/mol. The highest BCUT2D eigenvalue weighted by Crippen LogP contribution is 2.42. The Bertz CT molecular complexity index is 899. The summed E-state index contributed by atoms with van der Waals surface area (Å²) in [5, 5.41) is 10.6. The first kappa shape index (κ1) is 19.3. The van der Waals surface area contributed by atoms with E-state index in [2.05, 4.69) is 40.2 Å². The van der Waals surface area contributed by atoms with E-state index < -0.39 is 6.04 Å². The summed E-state index contributed by atoms with van der Waals surface area (Å²) in [6, 6.07) is 11.9. The van der Waals surface area contributed by atoms with E-state index in [-0.39, 0.29) is 11.4 Å². The molecule has 1 fully saturated rings. The smallest absolute Gasteiger partial charge is 0.247 e. The van der Waals surface area contributed by atoms with Crippen LogP contribution in [-0.4, -0.2) is 11.4 Å². The molecular weight excluding hydrogens is 370 g/mol. The topological polar surface area (TPSA) is 53.2 Å². The molecule has 0 radical (unpaired) electrons. The number of halogens is 1. The van der Waals surface area contributed by atoms with Crippen LogP contribution in [-0.2, 0) is 17.9 Å². The van der Waals surface area contributed by atoms with E-state index in [0.717, 1.165) is 24.3 Å². The third-order valence-electron chi connectivity index (χ3n) is 5.23. The van der Waals surface area contributed by atoms with Crippen LogP contribution in [0.2, 0.25) is 5.02 Å². The Balaban J connectivity index is 1.67. The molecule has 1 amide bonds. The van der Waals surface area contributed by atoms with Crippen molar-refractivity contribution in [1.82, 2.24) is 10.6 Å². The zero-order valence-corrected chi connectivity index (χ0v) is 17.5. The lowest BCUT2D eigenvalue weighted by atomic mass is 9.99. The van der Waals surface area contributed by atoms with Crippen molar-refractivity contribution < 1.29 is 4.79 Å². The van der Waals surface area contributed by atoms with Crippen LogP contribution >= 0.6 is 11.6 Å². The molecule has 2 aromatic rings. The minimum absolute atomic E-state index is 0.0462. The van der Waals surface area contributed by atoms with Gasteiger partial charge in [-0.3, -0.25) is 4.79 Å². The fourth-order valence-corrected chi connectivity index (χ4v) is 4.00. The van der Waals surface area contributed by atoms with Gasteiger partial charge in [-0.15, -0.1) is 0 Å². The van der Waals surface area contributed by atoms with Crippen LogP contribution in [0, 0.1) is 0 Å². The maximum Gasteiger partial charge on any atom is 0.247 e. The van der Waals surface area contributed by atoms with Gasteiger partial charge in [0.25, 0.3) is 0 Å². The lowest BCUT2D eigenvalue weighted by Gasteiger charge is -2.27. The number of nitrogens with one attached hydrogen (secondary N) is 3. The summed E-state index contributed by atoms with van der Waals surface area (Å²) in [5.74, 6) is 0.532. The first-order valence-corrected chi connectivity index (χ1v) is 10.4. The quantitative estimate of drug-likeness (QED) is 0.673. The van der Waals surface area contributed by atoms with E-state index >= 15 is 0 Å². The van der Waals surface area contributed by atoms with E-state index in [1.54, 1.807) is 0 Å². The van der Waals surface area contributed by atoms with Crippen molar-refractivity contribution in [2.75, 3.05) is 5.32 Å². The summed E-state index contributed by atoms with van der Waals surface area (Å²) in [6.07, 6.45) is 2.40. The summed E-state index contributed by atoms with van der Waals surface area (Å²) in [5.41, 5.74) is 5.39. The standard InChI is InChI=1S/C23H28ClN3O/c1-23(2,3)27-22(28)21(17-8-16(14-4-5-14)9-19(24)10-17)26-20-7-6-15-12-25-13-18(15)11-20/h6-11,14,21,25-26H,4-5,12-13H2,1-3H3,(H,27,28)/t21-/m1/s1.